The molecule has 1 aromatic carbocycles. The third-order valence-corrected chi connectivity index (χ3v) is 6.61. The summed E-state index contributed by atoms with van der Waals surface area (Å²) in [5.74, 6) is 1.62. The molecule has 0 aliphatic carbocycles. The van der Waals surface area contributed by atoms with Crippen molar-refractivity contribution in [2.24, 2.45) is 0 Å². The number of rotatable bonds is 11. The van der Waals surface area contributed by atoms with Crippen molar-refractivity contribution in [2.45, 2.75) is 105 Å². The van der Waals surface area contributed by atoms with Crippen molar-refractivity contribution in [2.75, 3.05) is 0 Å². The molecule has 1 aliphatic heterocycles. The molecule has 0 fully saturated rings. The summed E-state index contributed by atoms with van der Waals surface area (Å²) >= 11 is 0. The monoisotopic (exact) mass is 438 g/mol. The van der Waals surface area contributed by atoms with E-state index in [1.807, 2.05) is 13.0 Å². The Kier molecular flexibility index (Phi) is 9.81. The molecule has 176 valence electrons. The van der Waals surface area contributed by atoms with Gasteiger partial charge in [-0.1, -0.05) is 34.9 Å². The van der Waals surface area contributed by atoms with Gasteiger partial charge in [0, 0.05) is 0 Å². The number of aryl methyl sites for hydroxylation is 1. The second-order valence-corrected chi connectivity index (χ2v) is 9.88. The Morgan fingerprint density at radius 3 is 2.25 bits per heavy atom. The normalized spacial score (nSPS) is 18.6. The molecule has 1 heterocycles. The van der Waals surface area contributed by atoms with E-state index in [9.17, 15) is 4.79 Å². The minimum Gasteiger partial charge on any atom is -0.487 e. The van der Waals surface area contributed by atoms with Gasteiger partial charge in [0.2, 0.25) is 0 Å². The highest BCUT2D eigenvalue weighted by Gasteiger charge is 2.32. The molecule has 0 bridgehead atoms. The first kappa shape index (κ1) is 26.0. The predicted molar refractivity (Wildman–Crippen MR) is 135 cm³/mol. The van der Waals surface area contributed by atoms with Gasteiger partial charge in [-0.15, -0.1) is 0 Å². The van der Waals surface area contributed by atoms with Gasteiger partial charge in [0.25, 0.3) is 6.47 Å². The second-order valence-electron chi connectivity index (χ2n) is 9.88. The Balaban J connectivity index is 1.88. The third-order valence-electron chi connectivity index (χ3n) is 6.61. The van der Waals surface area contributed by atoms with Crippen molar-refractivity contribution in [1.82, 2.24) is 0 Å². The van der Waals surface area contributed by atoms with Crippen molar-refractivity contribution in [3.63, 3.8) is 0 Å². The predicted octanol–water partition coefficient (Wildman–Crippen LogP) is 8.12. The fourth-order valence-corrected chi connectivity index (χ4v) is 4.27. The van der Waals surface area contributed by atoms with E-state index in [-0.39, 0.29) is 5.60 Å². The van der Waals surface area contributed by atoms with Gasteiger partial charge in [0.15, 0.2) is 0 Å². The van der Waals surface area contributed by atoms with Gasteiger partial charge in [0.1, 0.15) is 17.1 Å². The topological polar surface area (TPSA) is 35.5 Å². The maximum Gasteiger partial charge on any atom is 0.298 e. The molecule has 1 aliphatic rings. The first-order chi connectivity index (χ1) is 15.1. The smallest absolute Gasteiger partial charge is 0.298 e. The van der Waals surface area contributed by atoms with Crippen LogP contribution in [-0.4, -0.2) is 12.1 Å². The third kappa shape index (κ3) is 7.69. The summed E-state index contributed by atoms with van der Waals surface area (Å²) in [6, 6.07) is 1.96. The van der Waals surface area contributed by atoms with Crippen LogP contribution >= 0.6 is 0 Å². The average Bonchev–Trinajstić information content (AvgIpc) is 2.72. The van der Waals surface area contributed by atoms with Crippen molar-refractivity contribution >= 4 is 6.47 Å². The number of carbonyl (C=O) groups excluding carboxylic acids is 1. The molecule has 0 spiro atoms. The first-order valence-corrected chi connectivity index (χ1v) is 12.0. The van der Waals surface area contributed by atoms with Crippen LogP contribution in [-0.2, 0) is 11.2 Å². The van der Waals surface area contributed by atoms with E-state index in [0.717, 1.165) is 73.8 Å². The summed E-state index contributed by atoms with van der Waals surface area (Å²) in [6.07, 6.45) is 15.6. The lowest BCUT2D eigenvalue weighted by atomic mass is 9.86. The number of benzene rings is 1. The van der Waals surface area contributed by atoms with E-state index >= 15 is 0 Å². The summed E-state index contributed by atoms with van der Waals surface area (Å²) in [5.41, 5.74) is 7.38. The molecule has 0 saturated carbocycles. The number of hydrogen-bond donors (Lipinski definition) is 0. The molecule has 0 unspecified atom stereocenters. The number of fused-ring (bicyclic) bond motifs is 1. The molecule has 3 nitrogen and oxygen atoms in total. The van der Waals surface area contributed by atoms with E-state index in [1.54, 1.807) is 0 Å². The average molecular weight is 439 g/mol. The largest absolute Gasteiger partial charge is 0.487 e. The van der Waals surface area contributed by atoms with Crippen LogP contribution in [0.15, 0.2) is 41.0 Å². The van der Waals surface area contributed by atoms with Crippen LogP contribution < -0.4 is 9.47 Å². The maximum absolute atomic E-state index is 10.8. The summed E-state index contributed by atoms with van der Waals surface area (Å²) in [6.45, 7) is 15.6. The number of hydrogen-bond acceptors (Lipinski definition) is 3. The number of allylic oxidation sites excluding steroid dienone is 6. The van der Waals surface area contributed by atoms with E-state index in [0.29, 0.717) is 12.2 Å². The number of ether oxygens (including phenoxy) is 2. The van der Waals surface area contributed by atoms with Gasteiger partial charge in [0.05, 0.1) is 0 Å². The Bertz CT molecular complexity index is 884. The SMILES string of the molecule is CC(C)=CCC/C(C)=C/CC/C(C)=C/CC[C@]1(C)CCc2cc(OC=O)c(C)c(C)c2O1. The van der Waals surface area contributed by atoms with Gasteiger partial charge < -0.3 is 9.47 Å². The molecule has 1 atom stereocenters. The zero-order valence-electron chi connectivity index (χ0n) is 21.3. The van der Waals surface area contributed by atoms with Crippen molar-refractivity contribution in [1.29, 1.82) is 0 Å². The minimum absolute atomic E-state index is 0.157. The molecule has 2 rings (SSSR count). The zero-order valence-corrected chi connectivity index (χ0v) is 21.3. The van der Waals surface area contributed by atoms with Gasteiger partial charge in [-0.2, -0.15) is 0 Å². The molecule has 3 heteroatoms. The lowest BCUT2D eigenvalue weighted by Crippen LogP contribution is -2.36. The molecule has 1 aromatic rings. The van der Waals surface area contributed by atoms with Gasteiger partial charge in [-0.3, -0.25) is 4.79 Å². The highest BCUT2D eigenvalue weighted by molar-refractivity contribution is 5.57. The van der Waals surface area contributed by atoms with E-state index in [1.165, 1.54) is 16.7 Å². The Morgan fingerprint density at radius 1 is 1.00 bits per heavy atom. The molecule has 32 heavy (non-hydrogen) atoms. The molecule has 0 N–H and O–H groups in total. The second kappa shape index (κ2) is 12.1. The molecule has 0 saturated heterocycles. The van der Waals surface area contributed by atoms with Gasteiger partial charge in [-0.25, -0.2) is 0 Å². The summed E-state index contributed by atoms with van der Waals surface area (Å²) in [4.78, 5) is 10.8. The highest BCUT2D eigenvalue weighted by atomic mass is 16.5. The fourth-order valence-electron chi connectivity index (χ4n) is 4.27. The fraction of sp³-hybridized carbons (Fsp3) is 0.552. The van der Waals surface area contributed by atoms with Crippen LogP contribution in [0, 0.1) is 13.8 Å². The van der Waals surface area contributed by atoms with E-state index in [4.69, 9.17) is 9.47 Å². The Labute approximate surface area is 195 Å². The highest BCUT2D eigenvalue weighted by Crippen LogP contribution is 2.42. The number of carbonyl (C=O) groups is 1. The van der Waals surface area contributed by atoms with Crippen molar-refractivity contribution in [3.05, 3.63) is 57.7 Å². The summed E-state index contributed by atoms with van der Waals surface area (Å²) < 4.78 is 11.7. The summed E-state index contributed by atoms with van der Waals surface area (Å²) in [5, 5.41) is 0. The van der Waals surface area contributed by atoms with Crippen molar-refractivity contribution in [3.8, 4) is 11.5 Å². The van der Waals surface area contributed by atoms with E-state index in [2.05, 4.69) is 59.8 Å². The van der Waals surface area contributed by atoms with Gasteiger partial charge >= 0.3 is 0 Å². The zero-order chi connectivity index (χ0) is 23.7. The Morgan fingerprint density at radius 2 is 1.62 bits per heavy atom. The lowest BCUT2D eigenvalue weighted by molar-refractivity contribution is -0.120. The lowest BCUT2D eigenvalue weighted by Gasteiger charge is -2.37. The molecule has 0 radical (unpaired) electrons. The maximum atomic E-state index is 10.8. The van der Waals surface area contributed by atoms with Gasteiger partial charge in [-0.05, 0) is 123 Å². The van der Waals surface area contributed by atoms with Crippen LogP contribution in [0.1, 0.15) is 96.3 Å². The molecular weight excluding hydrogens is 396 g/mol. The van der Waals surface area contributed by atoms with Crippen molar-refractivity contribution < 1.29 is 14.3 Å². The van der Waals surface area contributed by atoms with Crippen LogP contribution in [0.2, 0.25) is 0 Å². The van der Waals surface area contributed by atoms with E-state index < -0.39 is 0 Å². The molecule has 0 aromatic heterocycles. The molecule has 0 amide bonds. The van der Waals surface area contributed by atoms with Crippen LogP contribution in [0.4, 0.5) is 0 Å². The quantitative estimate of drug-likeness (QED) is 0.258. The molecular formula is C29H42O3. The van der Waals surface area contributed by atoms with Crippen LogP contribution in [0.3, 0.4) is 0 Å². The minimum atomic E-state index is -0.157. The van der Waals surface area contributed by atoms with Crippen LogP contribution in [0.5, 0.6) is 11.5 Å². The first-order valence-electron chi connectivity index (χ1n) is 12.0. The standard InChI is InChI=1S/C29H42O3/c1-21(2)11-8-12-22(3)13-9-14-23(4)15-10-17-29(7)18-16-26-19-27(31-20-30)24(5)25(6)28(26)32-29/h11,13,15,19-20H,8-10,12,14,16-18H2,1-7H3/b22-13+,23-15+/t29-/m1/s1. The van der Waals surface area contributed by atoms with Crippen LogP contribution in [0.25, 0.3) is 0 Å². The Hall–Kier alpha value is -2.29. The summed E-state index contributed by atoms with van der Waals surface area (Å²) in [7, 11) is 0.